The SMILES string of the molecule is COC(=O)[C@H]1CC[C@@H](c2ccc(CCO)cc2)C1. The Morgan fingerprint density at radius 3 is 2.67 bits per heavy atom. The van der Waals surface area contributed by atoms with Crippen LogP contribution in [0.1, 0.15) is 36.3 Å². The molecule has 1 saturated carbocycles. The van der Waals surface area contributed by atoms with Gasteiger partial charge in [0.15, 0.2) is 0 Å². The monoisotopic (exact) mass is 248 g/mol. The highest BCUT2D eigenvalue weighted by Gasteiger charge is 2.31. The van der Waals surface area contributed by atoms with Gasteiger partial charge in [0.25, 0.3) is 0 Å². The molecular formula is C15H20O3. The molecule has 1 N–H and O–H groups in total. The summed E-state index contributed by atoms with van der Waals surface area (Å²) in [6, 6.07) is 8.37. The summed E-state index contributed by atoms with van der Waals surface area (Å²) in [5.74, 6) is 0.462. The molecule has 1 aromatic carbocycles. The van der Waals surface area contributed by atoms with E-state index >= 15 is 0 Å². The average Bonchev–Trinajstić information content (AvgIpc) is 2.89. The molecule has 0 bridgehead atoms. The van der Waals surface area contributed by atoms with Crippen LogP contribution >= 0.6 is 0 Å². The smallest absolute Gasteiger partial charge is 0.308 e. The van der Waals surface area contributed by atoms with Gasteiger partial charge in [-0.1, -0.05) is 24.3 Å². The van der Waals surface area contributed by atoms with E-state index in [1.807, 2.05) is 0 Å². The van der Waals surface area contributed by atoms with Crippen LogP contribution in [0, 0.1) is 5.92 Å². The first kappa shape index (κ1) is 13.1. The van der Waals surface area contributed by atoms with E-state index in [1.165, 1.54) is 12.7 Å². The third-order valence-electron chi connectivity index (χ3n) is 3.82. The van der Waals surface area contributed by atoms with Crippen LogP contribution in [0.5, 0.6) is 0 Å². The van der Waals surface area contributed by atoms with E-state index in [0.29, 0.717) is 12.3 Å². The zero-order valence-corrected chi connectivity index (χ0v) is 10.8. The van der Waals surface area contributed by atoms with Gasteiger partial charge in [-0.2, -0.15) is 0 Å². The van der Waals surface area contributed by atoms with Gasteiger partial charge >= 0.3 is 5.97 Å². The molecule has 3 heteroatoms. The van der Waals surface area contributed by atoms with Gasteiger partial charge in [0.1, 0.15) is 0 Å². The highest BCUT2D eigenvalue weighted by atomic mass is 16.5. The third-order valence-corrected chi connectivity index (χ3v) is 3.82. The maximum absolute atomic E-state index is 11.5. The molecule has 1 aliphatic carbocycles. The second kappa shape index (κ2) is 6.01. The lowest BCUT2D eigenvalue weighted by atomic mass is 9.95. The predicted molar refractivity (Wildman–Crippen MR) is 69.3 cm³/mol. The number of aliphatic hydroxyl groups is 1. The molecule has 0 aliphatic heterocycles. The normalized spacial score (nSPS) is 23.0. The van der Waals surface area contributed by atoms with Crippen molar-refractivity contribution in [2.75, 3.05) is 13.7 Å². The lowest BCUT2D eigenvalue weighted by Gasteiger charge is -2.11. The number of hydrogen-bond acceptors (Lipinski definition) is 3. The highest BCUT2D eigenvalue weighted by Crippen LogP contribution is 2.38. The number of rotatable bonds is 4. The van der Waals surface area contributed by atoms with Crippen molar-refractivity contribution in [1.29, 1.82) is 0 Å². The van der Waals surface area contributed by atoms with E-state index in [2.05, 4.69) is 24.3 Å². The van der Waals surface area contributed by atoms with Crippen molar-refractivity contribution in [2.45, 2.75) is 31.6 Å². The second-order valence-electron chi connectivity index (χ2n) is 4.95. The molecule has 2 rings (SSSR count). The largest absolute Gasteiger partial charge is 0.469 e. The Morgan fingerprint density at radius 2 is 2.06 bits per heavy atom. The van der Waals surface area contributed by atoms with Crippen molar-refractivity contribution in [3.05, 3.63) is 35.4 Å². The van der Waals surface area contributed by atoms with E-state index in [4.69, 9.17) is 9.84 Å². The Morgan fingerprint density at radius 1 is 1.33 bits per heavy atom. The van der Waals surface area contributed by atoms with Crippen LogP contribution in [0.25, 0.3) is 0 Å². The van der Waals surface area contributed by atoms with Gasteiger partial charge in [-0.25, -0.2) is 0 Å². The van der Waals surface area contributed by atoms with Crippen LogP contribution in [0.3, 0.4) is 0 Å². The molecule has 1 fully saturated rings. The molecule has 98 valence electrons. The maximum Gasteiger partial charge on any atom is 0.308 e. The fourth-order valence-corrected chi connectivity index (χ4v) is 2.75. The molecule has 0 aromatic heterocycles. The lowest BCUT2D eigenvalue weighted by molar-refractivity contribution is -0.145. The number of carbonyl (C=O) groups is 1. The maximum atomic E-state index is 11.5. The van der Waals surface area contributed by atoms with Crippen LogP contribution in [-0.2, 0) is 16.0 Å². The first-order valence-corrected chi connectivity index (χ1v) is 6.52. The Hall–Kier alpha value is -1.35. The van der Waals surface area contributed by atoms with Crippen molar-refractivity contribution in [3.8, 4) is 0 Å². The molecular weight excluding hydrogens is 228 g/mol. The minimum atomic E-state index is -0.0746. The van der Waals surface area contributed by atoms with Gasteiger partial charge in [-0.05, 0) is 42.7 Å². The number of esters is 1. The third kappa shape index (κ3) is 2.91. The fourth-order valence-electron chi connectivity index (χ4n) is 2.75. The summed E-state index contributed by atoms with van der Waals surface area (Å²) in [6.07, 6.45) is 3.58. The van der Waals surface area contributed by atoms with Crippen LogP contribution in [0.15, 0.2) is 24.3 Å². The number of carbonyl (C=O) groups excluding carboxylic acids is 1. The van der Waals surface area contributed by atoms with Crippen LogP contribution < -0.4 is 0 Å². The number of aliphatic hydroxyl groups excluding tert-OH is 1. The number of methoxy groups -OCH3 is 1. The molecule has 3 nitrogen and oxygen atoms in total. The van der Waals surface area contributed by atoms with E-state index in [0.717, 1.165) is 24.8 Å². The van der Waals surface area contributed by atoms with Crippen LogP contribution in [0.4, 0.5) is 0 Å². The second-order valence-corrected chi connectivity index (χ2v) is 4.95. The van der Waals surface area contributed by atoms with Gasteiger partial charge in [-0.3, -0.25) is 4.79 Å². The van der Waals surface area contributed by atoms with Crippen LogP contribution in [-0.4, -0.2) is 24.8 Å². The van der Waals surface area contributed by atoms with E-state index in [1.54, 1.807) is 0 Å². The summed E-state index contributed by atoms with van der Waals surface area (Å²) in [4.78, 5) is 11.5. The minimum Gasteiger partial charge on any atom is -0.469 e. The first-order valence-electron chi connectivity index (χ1n) is 6.52. The van der Waals surface area contributed by atoms with Gasteiger partial charge in [0.05, 0.1) is 13.0 Å². The van der Waals surface area contributed by atoms with Crippen molar-refractivity contribution in [3.63, 3.8) is 0 Å². The molecule has 0 radical (unpaired) electrons. The average molecular weight is 248 g/mol. The molecule has 0 heterocycles. The van der Waals surface area contributed by atoms with Gasteiger partial charge in [0, 0.05) is 6.61 Å². The molecule has 1 aliphatic rings. The van der Waals surface area contributed by atoms with Crippen molar-refractivity contribution in [2.24, 2.45) is 5.92 Å². The molecule has 0 unspecified atom stereocenters. The summed E-state index contributed by atoms with van der Waals surface area (Å²) in [6.45, 7) is 0.188. The highest BCUT2D eigenvalue weighted by molar-refractivity contribution is 5.72. The van der Waals surface area contributed by atoms with E-state index < -0.39 is 0 Å². The minimum absolute atomic E-state index is 0.0668. The van der Waals surface area contributed by atoms with E-state index in [-0.39, 0.29) is 18.5 Å². The molecule has 0 amide bonds. The quantitative estimate of drug-likeness (QED) is 0.831. The fraction of sp³-hybridized carbons (Fsp3) is 0.533. The van der Waals surface area contributed by atoms with Gasteiger partial charge in [-0.15, -0.1) is 0 Å². The standard InChI is InChI=1S/C15H20O3/c1-18-15(17)14-7-6-13(10-14)12-4-2-11(3-5-12)8-9-16/h2-5,13-14,16H,6-10H2,1H3/t13-,14+/m1/s1. The van der Waals surface area contributed by atoms with Crippen molar-refractivity contribution < 1.29 is 14.6 Å². The summed E-state index contributed by atoms with van der Waals surface area (Å²) in [5, 5.41) is 8.87. The molecule has 2 atom stereocenters. The Bertz CT molecular complexity index is 397. The van der Waals surface area contributed by atoms with Crippen LogP contribution in [0.2, 0.25) is 0 Å². The first-order chi connectivity index (χ1) is 8.74. The molecule has 1 aromatic rings. The zero-order valence-electron chi connectivity index (χ0n) is 10.8. The summed E-state index contributed by atoms with van der Waals surface area (Å²) >= 11 is 0. The Balaban J connectivity index is 1.98. The number of benzene rings is 1. The molecule has 18 heavy (non-hydrogen) atoms. The predicted octanol–water partition coefficient (Wildman–Crippen LogP) is 2.28. The molecule has 0 spiro atoms. The number of hydrogen-bond donors (Lipinski definition) is 1. The van der Waals surface area contributed by atoms with Gasteiger partial charge < -0.3 is 9.84 Å². The topological polar surface area (TPSA) is 46.5 Å². The summed E-state index contributed by atoms with van der Waals surface area (Å²) < 4.78 is 4.80. The lowest BCUT2D eigenvalue weighted by Crippen LogP contribution is -2.12. The van der Waals surface area contributed by atoms with Gasteiger partial charge in [0.2, 0.25) is 0 Å². The van der Waals surface area contributed by atoms with Crippen molar-refractivity contribution in [1.82, 2.24) is 0 Å². The Labute approximate surface area is 108 Å². The number of ether oxygens (including phenoxy) is 1. The van der Waals surface area contributed by atoms with Crippen molar-refractivity contribution >= 4 is 5.97 Å². The zero-order chi connectivity index (χ0) is 13.0. The Kier molecular flexibility index (Phi) is 4.37. The van der Waals surface area contributed by atoms with E-state index in [9.17, 15) is 4.79 Å². The molecule has 0 saturated heterocycles. The summed E-state index contributed by atoms with van der Waals surface area (Å²) in [5.41, 5.74) is 2.45. The summed E-state index contributed by atoms with van der Waals surface area (Å²) in [7, 11) is 1.46.